The lowest BCUT2D eigenvalue weighted by molar-refractivity contribution is 0.104. The molecule has 0 amide bonds. The molecule has 114 valence electrons. The van der Waals surface area contributed by atoms with Crippen molar-refractivity contribution in [1.29, 1.82) is 0 Å². The van der Waals surface area contributed by atoms with Gasteiger partial charge in [-0.05, 0) is 62.2 Å². The van der Waals surface area contributed by atoms with Gasteiger partial charge in [-0.25, -0.2) is 8.42 Å². The van der Waals surface area contributed by atoms with Crippen molar-refractivity contribution in [2.45, 2.75) is 30.3 Å². The second-order valence-corrected chi connectivity index (χ2v) is 7.86. The van der Waals surface area contributed by atoms with Gasteiger partial charge in [-0.3, -0.25) is 0 Å². The predicted octanol–water partition coefficient (Wildman–Crippen LogP) is 2.22. The van der Waals surface area contributed by atoms with Gasteiger partial charge in [0.15, 0.2) is 9.84 Å². The van der Waals surface area contributed by atoms with Crippen molar-refractivity contribution in [3.8, 4) is 0 Å². The van der Waals surface area contributed by atoms with Crippen LogP contribution in [0.1, 0.15) is 24.8 Å². The van der Waals surface area contributed by atoms with Crippen molar-refractivity contribution in [3.63, 3.8) is 0 Å². The van der Waals surface area contributed by atoms with Crippen LogP contribution in [-0.2, 0) is 14.6 Å². The van der Waals surface area contributed by atoms with Gasteiger partial charge in [0.2, 0.25) is 0 Å². The van der Waals surface area contributed by atoms with E-state index < -0.39 is 9.84 Å². The van der Waals surface area contributed by atoms with Crippen molar-refractivity contribution < 1.29 is 13.2 Å². The Balaban J connectivity index is 1.68. The SMILES string of the molecule is CS(=O)(=O)c1ccc(C2=CC[C@@H](C3CCNCC3)O2)cc1. The molecule has 3 rings (SSSR count). The normalized spacial score (nSPS) is 23.7. The molecular weight excluding hydrogens is 286 g/mol. The van der Waals surface area contributed by atoms with Crippen molar-refractivity contribution in [3.05, 3.63) is 35.9 Å². The van der Waals surface area contributed by atoms with Crippen LogP contribution >= 0.6 is 0 Å². The molecule has 1 fully saturated rings. The second kappa shape index (κ2) is 5.81. The molecule has 0 unspecified atom stereocenters. The number of rotatable bonds is 3. The summed E-state index contributed by atoms with van der Waals surface area (Å²) in [6.45, 7) is 2.14. The molecule has 1 atom stereocenters. The first-order chi connectivity index (χ1) is 10.0. The lowest BCUT2D eigenvalue weighted by Gasteiger charge is -2.28. The Morgan fingerprint density at radius 2 is 1.81 bits per heavy atom. The Bertz CT molecular complexity index is 628. The van der Waals surface area contributed by atoms with Gasteiger partial charge < -0.3 is 10.1 Å². The highest BCUT2D eigenvalue weighted by molar-refractivity contribution is 7.90. The summed E-state index contributed by atoms with van der Waals surface area (Å²) in [5.41, 5.74) is 0.957. The maximum atomic E-state index is 11.5. The molecule has 2 heterocycles. The van der Waals surface area contributed by atoms with E-state index in [1.165, 1.54) is 19.1 Å². The van der Waals surface area contributed by atoms with Crippen LogP contribution in [0.15, 0.2) is 35.2 Å². The van der Waals surface area contributed by atoms with Gasteiger partial charge in [-0.15, -0.1) is 0 Å². The van der Waals surface area contributed by atoms with Crippen LogP contribution in [0.2, 0.25) is 0 Å². The Kier molecular flexibility index (Phi) is 4.04. The van der Waals surface area contributed by atoms with Gasteiger partial charge >= 0.3 is 0 Å². The molecular formula is C16H21NO3S. The lowest BCUT2D eigenvalue weighted by Crippen LogP contribution is -2.33. The second-order valence-electron chi connectivity index (χ2n) is 5.84. The van der Waals surface area contributed by atoms with Crippen molar-refractivity contribution in [2.75, 3.05) is 19.3 Å². The summed E-state index contributed by atoms with van der Waals surface area (Å²) in [7, 11) is -3.14. The molecule has 1 aromatic rings. The molecule has 1 saturated heterocycles. The first-order valence-corrected chi connectivity index (χ1v) is 9.31. The molecule has 0 spiro atoms. The van der Waals surface area contributed by atoms with E-state index in [9.17, 15) is 8.42 Å². The summed E-state index contributed by atoms with van der Waals surface area (Å²) in [6.07, 6.45) is 6.91. The zero-order valence-corrected chi connectivity index (χ0v) is 13.0. The molecule has 2 aliphatic heterocycles. The van der Waals surface area contributed by atoms with Crippen molar-refractivity contribution >= 4 is 15.6 Å². The third-order valence-corrected chi connectivity index (χ3v) is 5.42. The van der Waals surface area contributed by atoms with Crippen LogP contribution in [0.25, 0.3) is 5.76 Å². The quantitative estimate of drug-likeness (QED) is 0.930. The summed E-state index contributed by atoms with van der Waals surface area (Å²) in [6, 6.07) is 6.94. The minimum atomic E-state index is -3.14. The topological polar surface area (TPSA) is 55.4 Å². The summed E-state index contributed by atoms with van der Waals surface area (Å²) in [4.78, 5) is 0.347. The van der Waals surface area contributed by atoms with Crippen LogP contribution in [0, 0.1) is 5.92 Å². The largest absolute Gasteiger partial charge is 0.490 e. The minimum Gasteiger partial charge on any atom is -0.490 e. The van der Waals surface area contributed by atoms with Crippen LogP contribution < -0.4 is 5.32 Å². The van der Waals surface area contributed by atoms with E-state index in [1.807, 2.05) is 12.1 Å². The molecule has 0 saturated carbocycles. The molecule has 0 bridgehead atoms. The predicted molar refractivity (Wildman–Crippen MR) is 82.6 cm³/mol. The first kappa shape index (κ1) is 14.6. The fourth-order valence-electron chi connectivity index (χ4n) is 3.04. The highest BCUT2D eigenvalue weighted by atomic mass is 32.2. The lowest BCUT2D eigenvalue weighted by atomic mass is 9.91. The summed E-state index contributed by atoms with van der Waals surface area (Å²) in [5.74, 6) is 1.51. The van der Waals surface area contributed by atoms with E-state index in [0.717, 1.165) is 30.8 Å². The molecule has 0 aliphatic carbocycles. The number of hydrogen-bond donors (Lipinski definition) is 1. The average molecular weight is 307 g/mol. The monoisotopic (exact) mass is 307 g/mol. The van der Waals surface area contributed by atoms with Gasteiger partial charge in [0.1, 0.15) is 11.9 Å². The molecule has 1 N–H and O–H groups in total. The Hall–Kier alpha value is -1.33. The van der Waals surface area contributed by atoms with Gasteiger partial charge in [0.25, 0.3) is 0 Å². The van der Waals surface area contributed by atoms with E-state index in [2.05, 4.69) is 11.4 Å². The fourth-order valence-corrected chi connectivity index (χ4v) is 3.67. The third-order valence-electron chi connectivity index (χ3n) is 4.29. The number of sulfone groups is 1. The van der Waals surface area contributed by atoms with Gasteiger partial charge in [0, 0.05) is 18.2 Å². The summed E-state index contributed by atoms with van der Waals surface area (Å²) < 4.78 is 29.0. The third kappa shape index (κ3) is 3.30. The molecule has 0 aromatic heterocycles. The smallest absolute Gasteiger partial charge is 0.175 e. The number of benzene rings is 1. The maximum absolute atomic E-state index is 11.5. The number of nitrogens with one attached hydrogen (secondary N) is 1. The van der Waals surface area contributed by atoms with Gasteiger partial charge in [0.05, 0.1) is 4.90 Å². The molecule has 4 nitrogen and oxygen atoms in total. The fraction of sp³-hybridized carbons (Fsp3) is 0.500. The zero-order chi connectivity index (χ0) is 14.9. The van der Waals surface area contributed by atoms with Crippen LogP contribution in [-0.4, -0.2) is 33.9 Å². The van der Waals surface area contributed by atoms with Gasteiger partial charge in [-0.2, -0.15) is 0 Å². The number of hydrogen-bond acceptors (Lipinski definition) is 4. The van der Waals surface area contributed by atoms with E-state index >= 15 is 0 Å². The first-order valence-electron chi connectivity index (χ1n) is 7.42. The molecule has 21 heavy (non-hydrogen) atoms. The van der Waals surface area contributed by atoms with Gasteiger partial charge in [-0.1, -0.05) is 0 Å². The standard InChI is InChI=1S/C16H21NO3S/c1-21(18,19)14-4-2-12(3-5-14)15-6-7-16(20-15)13-8-10-17-11-9-13/h2-6,13,16-17H,7-11H2,1H3/t16-/m0/s1. The molecule has 1 aromatic carbocycles. The number of piperidine rings is 1. The molecule has 2 aliphatic rings. The Labute approximate surface area is 126 Å². The average Bonchev–Trinajstić information content (AvgIpc) is 2.97. The van der Waals surface area contributed by atoms with E-state index in [0.29, 0.717) is 10.8 Å². The minimum absolute atomic E-state index is 0.275. The molecule has 0 radical (unpaired) electrons. The van der Waals surface area contributed by atoms with Crippen LogP contribution in [0.3, 0.4) is 0 Å². The van der Waals surface area contributed by atoms with Crippen molar-refractivity contribution in [2.24, 2.45) is 5.92 Å². The Morgan fingerprint density at radius 3 is 2.43 bits per heavy atom. The highest BCUT2D eigenvalue weighted by Gasteiger charge is 2.28. The highest BCUT2D eigenvalue weighted by Crippen LogP contribution is 2.33. The zero-order valence-electron chi connectivity index (χ0n) is 12.2. The maximum Gasteiger partial charge on any atom is 0.175 e. The van der Waals surface area contributed by atoms with Crippen LogP contribution in [0.4, 0.5) is 0 Å². The summed E-state index contributed by atoms with van der Waals surface area (Å²) in [5, 5.41) is 3.37. The van der Waals surface area contributed by atoms with E-state index in [-0.39, 0.29) is 6.10 Å². The Morgan fingerprint density at radius 1 is 1.14 bits per heavy atom. The van der Waals surface area contributed by atoms with Crippen molar-refractivity contribution in [1.82, 2.24) is 5.32 Å². The van der Waals surface area contributed by atoms with E-state index in [4.69, 9.17) is 4.74 Å². The van der Waals surface area contributed by atoms with E-state index in [1.54, 1.807) is 12.1 Å². The summed E-state index contributed by atoms with van der Waals surface area (Å²) >= 11 is 0. The van der Waals surface area contributed by atoms with Crippen LogP contribution in [0.5, 0.6) is 0 Å². The number of ether oxygens (including phenoxy) is 1. The molecule has 5 heteroatoms.